The summed E-state index contributed by atoms with van der Waals surface area (Å²) in [5.74, 6) is -1.42. The number of rotatable bonds is 4. The van der Waals surface area contributed by atoms with Crippen molar-refractivity contribution in [2.75, 3.05) is 7.11 Å². The van der Waals surface area contributed by atoms with E-state index in [0.717, 1.165) is 0 Å². The number of ether oxygens (including phenoxy) is 1. The summed E-state index contributed by atoms with van der Waals surface area (Å²) in [6.07, 6.45) is 1.34. The zero-order chi connectivity index (χ0) is 15.6. The Kier molecular flexibility index (Phi) is 4.07. The maximum absolute atomic E-state index is 11.4. The Labute approximate surface area is 122 Å². The van der Waals surface area contributed by atoms with Crippen LogP contribution in [0.25, 0.3) is 5.69 Å². The number of carboxylic acids is 1. The molecule has 1 heterocycles. The third-order valence-electron chi connectivity index (χ3n) is 3.12. The van der Waals surface area contributed by atoms with Crippen molar-refractivity contribution in [3.05, 3.63) is 47.3 Å². The predicted octanol–water partition coefficient (Wildman–Crippen LogP) is 2.48. The number of aromatic carboxylic acids is 1. The quantitative estimate of drug-likeness (QED) is 0.874. The lowest BCUT2D eigenvalue weighted by molar-refractivity contribution is 0.0600. The number of methoxy groups -OCH3 is 1. The van der Waals surface area contributed by atoms with Crippen molar-refractivity contribution in [3.8, 4) is 5.69 Å². The second-order valence-electron chi connectivity index (χ2n) is 4.85. The minimum Gasteiger partial charge on any atom is -0.478 e. The molecule has 2 aromatic rings. The van der Waals surface area contributed by atoms with Crippen LogP contribution in [-0.4, -0.2) is 33.9 Å². The number of carbonyl (C=O) groups excluding carboxylic acids is 1. The SMILES string of the molecule is COC(=O)c1ccc(-n2ncc(C(=O)O)c2C(C)C)cc1. The molecule has 21 heavy (non-hydrogen) atoms. The van der Waals surface area contributed by atoms with Crippen molar-refractivity contribution in [2.24, 2.45) is 0 Å². The molecule has 0 aliphatic heterocycles. The Morgan fingerprint density at radius 3 is 2.33 bits per heavy atom. The molecule has 6 nitrogen and oxygen atoms in total. The summed E-state index contributed by atoms with van der Waals surface area (Å²) < 4.78 is 6.22. The van der Waals surface area contributed by atoms with E-state index in [2.05, 4.69) is 9.84 Å². The number of nitrogens with zero attached hydrogens (tertiary/aromatic N) is 2. The van der Waals surface area contributed by atoms with E-state index in [1.807, 2.05) is 13.8 Å². The first-order valence-corrected chi connectivity index (χ1v) is 6.45. The molecule has 0 saturated carbocycles. The van der Waals surface area contributed by atoms with Crippen molar-refractivity contribution in [2.45, 2.75) is 19.8 Å². The van der Waals surface area contributed by atoms with E-state index < -0.39 is 11.9 Å². The summed E-state index contributed by atoms with van der Waals surface area (Å²) in [4.78, 5) is 22.6. The average molecular weight is 288 g/mol. The fraction of sp³-hybridized carbons (Fsp3) is 0.267. The van der Waals surface area contributed by atoms with Crippen LogP contribution < -0.4 is 0 Å². The number of carboxylic acid groups (broad SMARTS) is 1. The Morgan fingerprint density at radius 1 is 1.24 bits per heavy atom. The lowest BCUT2D eigenvalue weighted by atomic mass is 10.1. The van der Waals surface area contributed by atoms with Crippen LogP contribution in [0.15, 0.2) is 30.5 Å². The topological polar surface area (TPSA) is 81.4 Å². The summed E-state index contributed by atoms with van der Waals surface area (Å²) >= 11 is 0. The number of esters is 1. The highest BCUT2D eigenvalue weighted by molar-refractivity contribution is 5.90. The maximum Gasteiger partial charge on any atom is 0.339 e. The summed E-state index contributed by atoms with van der Waals surface area (Å²) in [6.45, 7) is 3.81. The highest BCUT2D eigenvalue weighted by Gasteiger charge is 2.20. The lowest BCUT2D eigenvalue weighted by Gasteiger charge is -2.11. The van der Waals surface area contributed by atoms with Gasteiger partial charge in [-0.1, -0.05) is 13.8 Å². The number of carbonyl (C=O) groups is 2. The van der Waals surface area contributed by atoms with E-state index in [-0.39, 0.29) is 11.5 Å². The van der Waals surface area contributed by atoms with Crippen LogP contribution in [0, 0.1) is 0 Å². The minimum atomic E-state index is -1.00. The fourth-order valence-electron chi connectivity index (χ4n) is 2.14. The molecule has 0 bridgehead atoms. The van der Waals surface area contributed by atoms with Crippen molar-refractivity contribution < 1.29 is 19.4 Å². The Morgan fingerprint density at radius 2 is 1.86 bits per heavy atom. The van der Waals surface area contributed by atoms with Gasteiger partial charge in [-0.15, -0.1) is 0 Å². The van der Waals surface area contributed by atoms with E-state index in [1.165, 1.54) is 13.3 Å². The third-order valence-corrected chi connectivity index (χ3v) is 3.12. The second kappa shape index (κ2) is 5.78. The van der Waals surface area contributed by atoms with Gasteiger partial charge in [-0.05, 0) is 30.2 Å². The van der Waals surface area contributed by atoms with Crippen LogP contribution in [0.1, 0.15) is 46.2 Å². The van der Waals surface area contributed by atoms with Gasteiger partial charge in [-0.3, -0.25) is 0 Å². The Hall–Kier alpha value is -2.63. The zero-order valence-electron chi connectivity index (χ0n) is 12.0. The van der Waals surface area contributed by atoms with Crippen molar-refractivity contribution in [3.63, 3.8) is 0 Å². The van der Waals surface area contributed by atoms with Crippen LogP contribution in [0.2, 0.25) is 0 Å². The van der Waals surface area contributed by atoms with E-state index in [4.69, 9.17) is 0 Å². The zero-order valence-corrected chi connectivity index (χ0v) is 12.0. The maximum atomic E-state index is 11.4. The molecule has 1 aromatic heterocycles. The molecule has 0 saturated heterocycles. The Balaban J connectivity index is 2.47. The van der Waals surface area contributed by atoms with Crippen molar-refractivity contribution in [1.82, 2.24) is 9.78 Å². The van der Waals surface area contributed by atoms with Crippen LogP contribution in [0.4, 0.5) is 0 Å². The monoisotopic (exact) mass is 288 g/mol. The van der Waals surface area contributed by atoms with Crippen molar-refractivity contribution >= 4 is 11.9 Å². The average Bonchev–Trinajstić information content (AvgIpc) is 2.91. The molecule has 0 aliphatic rings. The number of hydrogen-bond acceptors (Lipinski definition) is 4. The first-order chi connectivity index (χ1) is 9.95. The Bertz CT molecular complexity index is 671. The van der Waals surface area contributed by atoms with Crippen LogP contribution >= 0.6 is 0 Å². The first kappa shape index (κ1) is 14.8. The summed E-state index contributed by atoms with van der Waals surface area (Å²) in [7, 11) is 1.32. The van der Waals surface area contributed by atoms with E-state index in [0.29, 0.717) is 16.9 Å². The molecule has 0 radical (unpaired) electrons. The lowest BCUT2D eigenvalue weighted by Crippen LogP contribution is -2.09. The molecular formula is C15H16N2O4. The highest BCUT2D eigenvalue weighted by Crippen LogP contribution is 2.23. The molecule has 0 amide bonds. The fourth-order valence-corrected chi connectivity index (χ4v) is 2.14. The molecule has 0 fully saturated rings. The summed E-state index contributed by atoms with van der Waals surface area (Å²) in [5.41, 5.74) is 1.92. The molecule has 1 N–H and O–H groups in total. The molecule has 0 atom stereocenters. The van der Waals surface area contributed by atoms with E-state index in [9.17, 15) is 14.7 Å². The van der Waals surface area contributed by atoms with Gasteiger partial charge in [0.2, 0.25) is 0 Å². The number of hydrogen-bond donors (Lipinski definition) is 1. The third kappa shape index (κ3) is 2.79. The van der Waals surface area contributed by atoms with Gasteiger partial charge < -0.3 is 9.84 Å². The minimum absolute atomic E-state index is 0.00103. The van der Waals surface area contributed by atoms with Gasteiger partial charge in [0.05, 0.1) is 30.3 Å². The molecule has 1 aromatic carbocycles. The van der Waals surface area contributed by atoms with Gasteiger partial charge in [0.25, 0.3) is 0 Å². The summed E-state index contributed by atoms with van der Waals surface area (Å²) in [6, 6.07) is 6.65. The van der Waals surface area contributed by atoms with Gasteiger partial charge in [-0.25, -0.2) is 14.3 Å². The van der Waals surface area contributed by atoms with Crippen molar-refractivity contribution in [1.29, 1.82) is 0 Å². The molecule has 6 heteroatoms. The molecule has 110 valence electrons. The number of benzene rings is 1. The summed E-state index contributed by atoms with van der Waals surface area (Å²) in [5, 5.41) is 13.4. The smallest absolute Gasteiger partial charge is 0.339 e. The standard InChI is InChI=1S/C15H16N2O4/c1-9(2)13-12(14(18)19)8-16-17(13)11-6-4-10(5-7-11)15(20)21-3/h4-9H,1-3H3,(H,18,19). The molecule has 2 rings (SSSR count). The van der Waals surface area contributed by atoms with Gasteiger partial charge in [0.15, 0.2) is 0 Å². The molecular weight excluding hydrogens is 272 g/mol. The first-order valence-electron chi connectivity index (χ1n) is 6.45. The normalized spacial score (nSPS) is 10.7. The van der Waals surface area contributed by atoms with Crippen LogP contribution in [-0.2, 0) is 4.74 Å². The predicted molar refractivity (Wildman–Crippen MR) is 76.0 cm³/mol. The van der Waals surface area contributed by atoms with Gasteiger partial charge in [-0.2, -0.15) is 5.10 Å². The van der Waals surface area contributed by atoms with E-state index >= 15 is 0 Å². The van der Waals surface area contributed by atoms with Crippen LogP contribution in [0.5, 0.6) is 0 Å². The van der Waals surface area contributed by atoms with Crippen LogP contribution in [0.3, 0.4) is 0 Å². The molecule has 0 aliphatic carbocycles. The number of aromatic nitrogens is 2. The molecule has 0 unspecified atom stereocenters. The largest absolute Gasteiger partial charge is 0.478 e. The van der Waals surface area contributed by atoms with Gasteiger partial charge in [0, 0.05) is 0 Å². The van der Waals surface area contributed by atoms with Gasteiger partial charge >= 0.3 is 11.9 Å². The second-order valence-corrected chi connectivity index (χ2v) is 4.85. The highest BCUT2D eigenvalue weighted by atomic mass is 16.5. The van der Waals surface area contributed by atoms with E-state index in [1.54, 1.807) is 28.9 Å². The molecule has 0 spiro atoms. The van der Waals surface area contributed by atoms with Gasteiger partial charge in [0.1, 0.15) is 5.56 Å².